The summed E-state index contributed by atoms with van der Waals surface area (Å²) in [7, 11) is 0. The van der Waals surface area contributed by atoms with Gasteiger partial charge in [-0.25, -0.2) is 0 Å². The van der Waals surface area contributed by atoms with Crippen molar-refractivity contribution in [2.75, 3.05) is 0 Å². The van der Waals surface area contributed by atoms with Crippen molar-refractivity contribution in [2.45, 2.75) is 64.5 Å². The Bertz CT molecular complexity index is 714. The van der Waals surface area contributed by atoms with Crippen LogP contribution in [0.5, 0.6) is 5.75 Å². The minimum absolute atomic E-state index is 0.0292. The molecule has 5 nitrogen and oxygen atoms in total. The highest BCUT2D eigenvalue weighted by molar-refractivity contribution is 6.09. The van der Waals surface area contributed by atoms with Gasteiger partial charge in [0.05, 0.1) is 11.6 Å². The fourth-order valence-corrected chi connectivity index (χ4v) is 4.11. The number of rotatable bonds is 5. The summed E-state index contributed by atoms with van der Waals surface area (Å²) in [5.41, 5.74) is 0.956. The molecular weight excluding hydrogens is 330 g/mol. The van der Waals surface area contributed by atoms with Crippen molar-refractivity contribution in [3.63, 3.8) is 0 Å². The van der Waals surface area contributed by atoms with Gasteiger partial charge in [0.2, 0.25) is 0 Å². The van der Waals surface area contributed by atoms with Gasteiger partial charge in [-0.15, -0.1) is 0 Å². The molecule has 1 aliphatic heterocycles. The number of nitrogens with zero attached hydrogens (tertiary/aromatic N) is 1. The van der Waals surface area contributed by atoms with Gasteiger partial charge in [0.1, 0.15) is 5.75 Å². The van der Waals surface area contributed by atoms with Crippen LogP contribution in [0.25, 0.3) is 0 Å². The number of phenols is 1. The summed E-state index contributed by atoms with van der Waals surface area (Å²) < 4.78 is 0. The number of Topliss-reactive ketones (excluding diaryl/α,β-unsaturated/α-hetero) is 1. The molecule has 140 valence electrons. The lowest BCUT2D eigenvalue weighted by Gasteiger charge is -2.36. The highest BCUT2D eigenvalue weighted by atomic mass is 16.3. The predicted octanol–water partition coefficient (Wildman–Crippen LogP) is 4.04. The topological polar surface area (TPSA) is 77.8 Å². The Hall–Kier alpha value is -2.30. The van der Waals surface area contributed by atoms with Gasteiger partial charge in [-0.1, -0.05) is 45.2 Å². The van der Waals surface area contributed by atoms with Crippen LogP contribution in [0.3, 0.4) is 0 Å². The number of ketones is 1. The van der Waals surface area contributed by atoms with Crippen LogP contribution in [-0.2, 0) is 9.59 Å². The number of aromatic hydroxyl groups is 1. The first-order valence-corrected chi connectivity index (χ1v) is 9.48. The number of carbonyl (C=O) groups excluding carboxylic acids is 2. The number of hydrogen-bond acceptors (Lipinski definition) is 4. The van der Waals surface area contributed by atoms with Crippen molar-refractivity contribution < 1.29 is 19.8 Å². The maximum atomic E-state index is 12.9. The summed E-state index contributed by atoms with van der Waals surface area (Å²) in [6.07, 6.45) is 5.32. The molecule has 1 atom stereocenters. The third-order valence-corrected chi connectivity index (χ3v) is 5.31. The summed E-state index contributed by atoms with van der Waals surface area (Å²) in [6, 6.07) is 6.02. The molecule has 2 N–H and O–H groups in total. The Labute approximate surface area is 154 Å². The number of amides is 1. The summed E-state index contributed by atoms with van der Waals surface area (Å²) in [6.45, 7) is 3.89. The first-order chi connectivity index (χ1) is 12.4. The lowest BCUT2D eigenvalue weighted by molar-refractivity contribution is -0.132. The van der Waals surface area contributed by atoms with Crippen LogP contribution in [0.1, 0.15) is 64.0 Å². The van der Waals surface area contributed by atoms with Gasteiger partial charge < -0.3 is 15.1 Å². The van der Waals surface area contributed by atoms with Gasteiger partial charge >= 0.3 is 0 Å². The Morgan fingerprint density at radius 2 is 1.73 bits per heavy atom. The molecule has 1 unspecified atom stereocenters. The Morgan fingerprint density at radius 3 is 2.31 bits per heavy atom. The van der Waals surface area contributed by atoms with Gasteiger partial charge in [-0.05, 0) is 36.5 Å². The summed E-state index contributed by atoms with van der Waals surface area (Å²) in [4.78, 5) is 27.4. The van der Waals surface area contributed by atoms with Crippen LogP contribution in [0.15, 0.2) is 35.6 Å². The van der Waals surface area contributed by atoms with Crippen molar-refractivity contribution in [1.29, 1.82) is 0 Å². The maximum Gasteiger partial charge on any atom is 0.290 e. The molecule has 0 saturated heterocycles. The van der Waals surface area contributed by atoms with Gasteiger partial charge in [0.15, 0.2) is 11.5 Å². The van der Waals surface area contributed by atoms with Crippen molar-refractivity contribution in [3.05, 3.63) is 41.2 Å². The fourth-order valence-electron chi connectivity index (χ4n) is 4.11. The number of carbonyl (C=O) groups is 2. The molecule has 1 saturated carbocycles. The van der Waals surface area contributed by atoms with Crippen LogP contribution >= 0.6 is 0 Å². The largest absolute Gasteiger partial charge is 0.508 e. The molecule has 1 aliphatic carbocycles. The fraction of sp³-hybridized carbons (Fsp3) is 0.524. The van der Waals surface area contributed by atoms with Crippen molar-refractivity contribution >= 4 is 11.7 Å². The second-order valence-corrected chi connectivity index (χ2v) is 7.78. The molecule has 1 aromatic rings. The highest BCUT2D eigenvalue weighted by Gasteiger charge is 2.46. The minimum atomic E-state index is -0.572. The molecule has 2 aliphatic rings. The number of aliphatic hydroxyl groups excluding tert-OH is 1. The normalized spacial score (nSPS) is 21.7. The van der Waals surface area contributed by atoms with E-state index < -0.39 is 17.7 Å². The van der Waals surface area contributed by atoms with E-state index in [4.69, 9.17) is 0 Å². The number of aliphatic hydroxyl groups is 1. The highest BCUT2D eigenvalue weighted by Crippen LogP contribution is 2.42. The van der Waals surface area contributed by atoms with Crippen LogP contribution in [0.2, 0.25) is 0 Å². The summed E-state index contributed by atoms with van der Waals surface area (Å²) >= 11 is 0. The maximum absolute atomic E-state index is 12.9. The summed E-state index contributed by atoms with van der Waals surface area (Å²) in [5.74, 6) is -0.753. The molecule has 0 radical (unpaired) electrons. The smallest absolute Gasteiger partial charge is 0.290 e. The number of benzene rings is 1. The van der Waals surface area contributed by atoms with Gasteiger partial charge in [-0.2, -0.15) is 0 Å². The summed E-state index contributed by atoms with van der Waals surface area (Å²) in [5, 5.41) is 20.1. The molecule has 5 heteroatoms. The van der Waals surface area contributed by atoms with E-state index in [0.29, 0.717) is 6.42 Å². The molecule has 0 aromatic heterocycles. The predicted molar refractivity (Wildman–Crippen MR) is 98.7 cm³/mol. The molecule has 1 aromatic carbocycles. The van der Waals surface area contributed by atoms with E-state index >= 15 is 0 Å². The third kappa shape index (κ3) is 3.48. The van der Waals surface area contributed by atoms with E-state index in [2.05, 4.69) is 0 Å². The molecule has 1 heterocycles. The van der Waals surface area contributed by atoms with E-state index in [1.807, 2.05) is 13.8 Å². The van der Waals surface area contributed by atoms with Crippen LogP contribution in [-0.4, -0.2) is 32.8 Å². The second kappa shape index (κ2) is 7.52. The molecule has 3 rings (SSSR count). The second-order valence-electron chi connectivity index (χ2n) is 7.78. The lowest BCUT2D eigenvalue weighted by atomic mass is 9.89. The van der Waals surface area contributed by atoms with Crippen LogP contribution < -0.4 is 0 Å². The van der Waals surface area contributed by atoms with Gasteiger partial charge in [0, 0.05) is 12.5 Å². The lowest BCUT2D eigenvalue weighted by Crippen LogP contribution is -2.41. The van der Waals surface area contributed by atoms with E-state index in [1.165, 1.54) is 0 Å². The number of phenolic OH excluding ortho intramolecular Hbond substituents is 1. The number of hydrogen-bond donors (Lipinski definition) is 2. The quantitative estimate of drug-likeness (QED) is 0.834. The van der Waals surface area contributed by atoms with Gasteiger partial charge in [-0.3, -0.25) is 9.59 Å². The average molecular weight is 357 g/mol. The first-order valence-electron chi connectivity index (χ1n) is 9.48. The monoisotopic (exact) mass is 357 g/mol. The van der Waals surface area contributed by atoms with E-state index in [0.717, 1.165) is 37.7 Å². The van der Waals surface area contributed by atoms with Crippen molar-refractivity contribution in [3.8, 4) is 5.75 Å². The molecule has 1 fully saturated rings. The van der Waals surface area contributed by atoms with E-state index in [1.54, 1.807) is 29.2 Å². The first kappa shape index (κ1) is 18.5. The molecular formula is C21H27NO4. The van der Waals surface area contributed by atoms with Crippen molar-refractivity contribution in [2.24, 2.45) is 5.92 Å². The Balaban J connectivity index is 2.03. The van der Waals surface area contributed by atoms with Gasteiger partial charge in [0.25, 0.3) is 5.91 Å². The molecule has 0 spiro atoms. The van der Waals surface area contributed by atoms with Crippen LogP contribution in [0, 0.1) is 5.92 Å². The third-order valence-electron chi connectivity index (χ3n) is 5.31. The zero-order valence-electron chi connectivity index (χ0n) is 15.4. The SMILES string of the molecule is CC(C)CC(=O)C1=C(O)C(=O)N(C2CCCCC2)C1c1ccc(O)cc1. The van der Waals surface area contributed by atoms with E-state index in [9.17, 15) is 19.8 Å². The zero-order chi connectivity index (χ0) is 18.8. The Kier molecular flexibility index (Phi) is 5.35. The molecule has 0 bridgehead atoms. The van der Waals surface area contributed by atoms with E-state index in [-0.39, 0.29) is 29.1 Å². The Morgan fingerprint density at radius 1 is 1.12 bits per heavy atom. The molecule has 1 amide bonds. The average Bonchev–Trinajstić information content (AvgIpc) is 2.87. The van der Waals surface area contributed by atoms with Crippen molar-refractivity contribution in [1.82, 2.24) is 4.90 Å². The minimum Gasteiger partial charge on any atom is -0.508 e. The molecule has 26 heavy (non-hydrogen) atoms. The zero-order valence-corrected chi connectivity index (χ0v) is 15.4. The van der Waals surface area contributed by atoms with Crippen LogP contribution in [0.4, 0.5) is 0 Å². The standard InChI is InChI=1S/C21H27NO4/c1-13(2)12-17(24)18-19(14-8-10-16(23)11-9-14)22(21(26)20(18)25)15-6-4-3-5-7-15/h8-11,13,15,19,23,25H,3-7,12H2,1-2H3.